The molecule has 0 aliphatic carbocycles. The Balaban J connectivity index is 1.58. The molecule has 1 aliphatic heterocycles. The third-order valence-corrected chi connectivity index (χ3v) is 4.19. The summed E-state index contributed by atoms with van der Waals surface area (Å²) in [4.78, 5) is 9.58. The van der Waals surface area contributed by atoms with Gasteiger partial charge in [-0.3, -0.25) is 0 Å². The molecule has 0 atom stereocenters. The molecule has 2 aromatic rings. The number of H-pyrrole nitrogens is 1. The maximum atomic E-state index is 5.09. The van der Waals surface area contributed by atoms with Gasteiger partial charge in [-0.1, -0.05) is 30.3 Å². The zero-order chi connectivity index (χ0) is 13.8. The van der Waals surface area contributed by atoms with Crippen LogP contribution in [0.4, 0.5) is 5.82 Å². The molecule has 0 bridgehead atoms. The number of benzene rings is 1. The average Bonchev–Trinajstić information content (AvgIpc) is 2.49. The van der Waals surface area contributed by atoms with Crippen molar-refractivity contribution in [1.29, 1.82) is 0 Å². The molecule has 1 fully saturated rings. The molecule has 0 unspecified atom stereocenters. The molecule has 20 heavy (non-hydrogen) atoms. The third kappa shape index (κ3) is 3.25. The summed E-state index contributed by atoms with van der Waals surface area (Å²) in [5.74, 6) is 1.89. The van der Waals surface area contributed by atoms with Gasteiger partial charge in [-0.25, -0.2) is 4.98 Å². The molecule has 1 aromatic carbocycles. The first-order valence-corrected chi connectivity index (χ1v) is 7.56. The van der Waals surface area contributed by atoms with E-state index in [1.54, 1.807) is 6.20 Å². The predicted molar refractivity (Wildman–Crippen MR) is 84.5 cm³/mol. The minimum atomic E-state index is 0.564. The number of nitrogens with zero attached hydrogens (tertiary/aromatic N) is 2. The van der Waals surface area contributed by atoms with Crippen molar-refractivity contribution in [3.05, 3.63) is 52.9 Å². The van der Waals surface area contributed by atoms with E-state index in [1.807, 2.05) is 6.07 Å². The number of rotatable bonds is 3. The minimum Gasteiger partial charge on any atom is -0.358 e. The van der Waals surface area contributed by atoms with E-state index in [0.717, 1.165) is 24.8 Å². The zero-order valence-electron chi connectivity index (χ0n) is 11.5. The first-order chi connectivity index (χ1) is 9.81. The topological polar surface area (TPSA) is 31.9 Å². The van der Waals surface area contributed by atoms with Gasteiger partial charge < -0.3 is 9.88 Å². The van der Waals surface area contributed by atoms with Crippen LogP contribution in [0.2, 0.25) is 0 Å². The van der Waals surface area contributed by atoms with Crippen molar-refractivity contribution in [2.24, 2.45) is 5.92 Å². The van der Waals surface area contributed by atoms with Crippen molar-refractivity contribution in [2.75, 3.05) is 18.0 Å². The highest BCUT2D eigenvalue weighted by Crippen LogP contribution is 2.24. The van der Waals surface area contributed by atoms with Crippen LogP contribution in [0, 0.1) is 10.7 Å². The Bertz CT molecular complexity index is 600. The Morgan fingerprint density at radius 2 is 1.90 bits per heavy atom. The molecular weight excluding hydrogens is 266 g/mol. The van der Waals surface area contributed by atoms with Crippen molar-refractivity contribution < 1.29 is 0 Å². The first kappa shape index (κ1) is 13.3. The second kappa shape index (κ2) is 6.18. The van der Waals surface area contributed by atoms with Gasteiger partial charge in [0.2, 0.25) is 0 Å². The highest BCUT2D eigenvalue weighted by molar-refractivity contribution is 7.71. The van der Waals surface area contributed by atoms with Crippen LogP contribution >= 0.6 is 12.2 Å². The fraction of sp³-hybridized carbons (Fsp3) is 0.375. The van der Waals surface area contributed by atoms with Gasteiger partial charge in [0.05, 0.1) is 0 Å². The zero-order valence-corrected chi connectivity index (χ0v) is 12.3. The van der Waals surface area contributed by atoms with Crippen LogP contribution in [0.3, 0.4) is 0 Å². The van der Waals surface area contributed by atoms with Crippen LogP contribution in [0.5, 0.6) is 0 Å². The highest BCUT2D eigenvalue weighted by atomic mass is 32.1. The first-order valence-electron chi connectivity index (χ1n) is 7.15. The summed E-state index contributed by atoms with van der Waals surface area (Å²) in [6.07, 6.45) is 5.45. The number of aromatic nitrogens is 2. The van der Waals surface area contributed by atoms with Gasteiger partial charge >= 0.3 is 0 Å². The molecular formula is C16H19N3S. The van der Waals surface area contributed by atoms with Crippen molar-refractivity contribution in [3.8, 4) is 0 Å². The molecule has 1 saturated heterocycles. The molecule has 0 spiro atoms. The number of hydrogen-bond donors (Lipinski definition) is 1. The lowest BCUT2D eigenvalue weighted by molar-refractivity contribution is 0.402. The van der Waals surface area contributed by atoms with Gasteiger partial charge in [-0.05, 0) is 49.0 Å². The van der Waals surface area contributed by atoms with Gasteiger partial charge in [0, 0.05) is 19.3 Å². The van der Waals surface area contributed by atoms with Crippen LogP contribution in [-0.4, -0.2) is 23.1 Å². The summed E-state index contributed by atoms with van der Waals surface area (Å²) < 4.78 is 0.564. The number of hydrogen-bond acceptors (Lipinski definition) is 3. The van der Waals surface area contributed by atoms with Crippen molar-refractivity contribution in [1.82, 2.24) is 9.97 Å². The van der Waals surface area contributed by atoms with Crippen molar-refractivity contribution >= 4 is 18.0 Å². The van der Waals surface area contributed by atoms with Gasteiger partial charge in [-0.15, -0.1) is 0 Å². The van der Waals surface area contributed by atoms with Crippen molar-refractivity contribution in [2.45, 2.75) is 19.3 Å². The lowest BCUT2D eigenvalue weighted by atomic mass is 9.90. The molecule has 104 valence electrons. The van der Waals surface area contributed by atoms with Gasteiger partial charge in [0.1, 0.15) is 5.82 Å². The lowest BCUT2D eigenvalue weighted by Gasteiger charge is -2.33. The lowest BCUT2D eigenvalue weighted by Crippen LogP contribution is -2.34. The Labute approximate surface area is 124 Å². The highest BCUT2D eigenvalue weighted by Gasteiger charge is 2.19. The molecule has 1 N–H and O–H groups in total. The Morgan fingerprint density at radius 1 is 1.15 bits per heavy atom. The molecule has 1 aromatic heterocycles. The van der Waals surface area contributed by atoms with E-state index in [0.29, 0.717) is 4.77 Å². The smallest absolute Gasteiger partial charge is 0.198 e. The van der Waals surface area contributed by atoms with Crippen LogP contribution in [0.15, 0.2) is 42.6 Å². The van der Waals surface area contributed by atoms with E-state index < -0.39 is 0 Å². The summed E-state index contributed by atoms with van der Waals surface area (Å²) in [5.41, 5.74) is 1.45. The van der Waals surface area contributed by atoms with E-state index >= 15 is 0 Å². The van der Waals surface area contributed by atoms with Crippen LogP contribution in [0.1, 0.15) is 18.4 Å². The molecule has 4 heteroatoms. The van der Waals surface area contributed by atoms with Crippen LogP contribution in [0.25, 0.3) is 0 Å². The minimum absolute atomic E-state index is 0.564. The molecule has 3 nitrogen and oxygen atoms in total. The summed E-state index contributed by atoms with van der Waals surface area (Å²) in [6.45, 7) is 2.18. The molecule has 2 heterocycles. The van der Waals surface area contributed by atoms with Gasteiger partial charge in [-0.2, -0.15) is 0 Å². The Kier molecular flexibility index (Phi) is 4.11. The monoisotopic (exact) mass is 285 g/mol. The molecule has 0 amide bonds. The normalized spacial score (nSPS) is 16.3. The maximum Gasteiger partial charge on any atom is 0.198 e. The number of aromatic amines is 1. The number of anilines is 1. The van der Waals surface area contributed by atoms with Gasteiger partial charge in [0.15, 0.2) is 4.77 Å². The van der Waals surface area contributed by atoms with Crippen LogP contribution in [-0.2, 0) is 6.42 Å². The SMILES string of the molecule is S=c1nccc(N2CCC(Cc3ccccc3)CC2)[nH]1. The maximum absolute atomic E-state index is 5.09. The fourth-order valence-corrected chi connectivity index (χ4v) is 3.03. The van der Waals surface area contributed by atoms with E-state index in [1.165, 1.54) is 24.8 Å². The van der Waals surface area contributed by atoms with E-state index in [-0.39, 0.29) is 0 Å². The molecule has 0 saturated carbocycles. The van der Waals surface area contributed by atoms with Crippen LogP contribution < -0.4 is 4.90 Å². The van der Waals surface area contributed by atoms with E-state index in [9.17, 15) is 0 Å². The molecule has 1 aliphatic rings. The van der Waals surface area contributed by atoms with Crippen molar-refractivity contribution in [3.63, 3.8) is 0 Å². The summed E-state index contributed by atoms with van der Waals surface area (Å²) in [5, 5.41) is 0. The predicted octanol–water partition coefficient (Wildman–Crippen LogP) is 3.60. The van der Waals surface area contributed by atoms with E-state index in [2.05, 4.69) is 45.2 Å². The van der Waals surface area contributed by atoms with Gasteiger partial charge in [0.25, 0.3) is 0 Å². The summed E-state index contributed by atoms with van der Waals surface area (Å²) in [6, 6.07) is 12.8. The second-order valence-corrected chi connectivity index (χ2v) is 5.77. The fourth-order valence-electron chi connectivity index (χ4n) is 2.87. The number of nitrogens with one attached hydrogen (secondary N) is 1. The quantitative estimate of drug-likeness (QED) is 0.874. The molecule has 3 rings (SSSR count). The average molecular weight is 285 g/mol. The largest absolute Gasteiger partial charge is 0.358 e. The third-order valence-electron chi connectivity index (χ3n) is 3.98. The molecule has 0 radical (unpaired) electrons. The Hall–Kier alpha value is -1.68. The summed E-state index contributed by atoms with van der Waals surface area (Å²) in [7, 11) is 0. The number of piperidine rings is 1. The Morgan fingerprint density at radius 3 is 2.60 bits per heavy atom. The van der Waals surface area contributed by atoms with E-state index in [4.69, 9.17) is 12.2 Å². The second-order valence-electron chi connectivity index (χ2n) is 5.38. The summed E-state index contributed by atoms with van der Waals surface area (Å²) >= 11 is 5.09. The standard InChI is InChI=1S/C16H19N3S/c20-16-17-9-6-15(18-16)19-10-7-14(8-11-19)12-13-4-2-1-3-5-13/h1-6,9,14H,7-8,10-12H2,(H,17,18,20).